The van der Waals surface area contributed by atoms with Crippen LogP contribution in [0.25, 0.3) is 0 Å². The average Bonchev–Trinajstić information content (AvgIpc) is 2.27. The van der Waals surface area contributed by atoms with E-state index in [1.807, 2.05) is 4.90 Å². The minimum absolute atomic E-state index is 0.0738. The van der Waals surface area contributed by atoms with E-state index in [9.17, 15) is 4.79 Å². The SMILES string of the molecule is CC(C(=O)N1CCC(N(C)C)CC1)C(N)=S. The third-order valence-electron chi connectivity index (χ3n) is 3.30. The quantitative estimate of drug-likeness (QED) is 0.732. The van der Waals surface area contributed by atoms with Crippen molar-refractivity contribution >= 4 is 23.1 Å². The highest BCUT2D eigenvalue weighted by Crippen LogP contribution is 2.16. The molecule has 0 aromatic carbocycles. The van der Waals surface area contributed by atoms with Crippen LogP contribution in [0.2, 0.25) is 0 Å². The van der Waals surface area contributed by atoms with Gasteiger partial charge >= 0.3 is 0 Å². The standard InChI is InChI=1S/C11H21N3OS/c1-8(10(12)16)11(15)14-6-4-9(5-7-14)13(2)3/h8-9H,4-7H2,1-3H3,(H2,12,16). The molecule has 0 bridgehead atoms. The third-order valence-corrected chi connectivity index (χ3v) is 3.66. The molecule has 1 rings (SSSR count). The Kier molecular flexibility index (Phi) is 4.68. The van der Waals surface area contributed by atoms with E-state index in [-0.39, 0.29) is 11.8 Å². The lowest BCUT2D eigenvalue weighted by molar-refractivity contribution is -0.134. The van der Waals surface area contributed by atoms with E-state index < -0.39 is 0 Å². The van der Waals surface area contributed by atoms with Gasteiger partial charge in [0.15, 0.2) is 0 Å². The molecule has 1 aliphatic rings. The molecule has 0 saturated carbocycles. The molecule has 1 saturated heterocycles. The van der Waals surface area contributed by atoms with Crippen LogP contribution < -0.4 is 5.73 Å². The molecule has 1 aliphatic heterocycles. The summed E-state index contributed by atoms with van der Waals surface area (Å²) in [6, 6.07) is 0.587. The number of likely N-dealkylation sites (tertiary alicyclic amines) is 1. The van der Waals surface area contributed by atoms with Gasteiger partial charge in [0.1, 0.15) is 0 Å². The van der Waals surface area contributed by atoms with Gasteiger partial charge in [-0.15, -0.1) is 0 Å². The molecule has 92 valence electrons. The molecule has 0 aromatic heterocycles. The number of hydrogen-bond acceptors (Lipinski definition) is 3. The number of nitrogens with zero attached hydrogens (tertiary/aromatic N) is 2. The van der Waals surface area contributed by atoms with Gasteiger partial charge in [-0.3, -0.25) is 4.79 Å². The number of carbonyl (C=O) groups is 1. The molecule has 0 aliphatic carbocycles. The van der Waals surface area contributed by atoms with Gasteiger partial charge in [-0.25, -0.2) is 0 Å². The molecule has 16 heavy (non-hydrogen) atoms. The fraction of sp³-hybridized carbons (Fsp3) is 0.818. The number of rotatable bonds is 3. The van der Waals surface area contributed by atoms with Gasteiger partial charge < -0.3 is 15.5 Å². The zero-order valence-electron chi connectivity index (χ0n) is 10.3. The number of hydrogen-bond donors (Lipinski definition) is 1. The Balaban J connectivity index is 2.48. The molecule has 5 heteroatoms. The number of amides is 1. The van der Waals surface area contributed by atoms with Gasteiger partial charge in [0, 0.05) is 19.1 Å². The van der Waals surface area contributed by atoms with Crippen LogP contribution in [0.3, 0.4) is 0 Å². The van der Waals surface area contributed by atoms with Crippen molar-refractivity contribution in [1.82, 2.24) is 9.80 Å². The van der Waals surface area contributed by atoms with Crippen LogP contribution in [-0.2, 0) is 4.79 Å². The van der Waals surface area contributed by atoms with Crippen LogP contribution in [-0.4, -0.2) is 53.9 Å². The van der Waals surface area contributed by atoms with E-state index in [0.717, 1.165) is 25.9 Å². The van der Waals surface area contributed by atoms with Crippen LogP contribution in [0, 0.1) is 5.92 Å². The van der Waals surface area contributed by atoms with Crippen molar-refractivity contribution in [2.24, 2.45) is 11.7 Å². The van der Waals surface area contributed by atoms with Gasteiger partial charge in [0.2, 0.25) is 5.91 Å². The van der Waals surface area contributed by atoms with Crippen molar-refractivity contribution in [2.75, 3.05) is 27.2 Å². The van der Waals surface area contributed by atoms with Gasteiger partial charge in [-0.05, 0) is 33.9 Å². The summed E-state index contributed by atoms with van der Waals surface area (Å²) >= 11 is 4.85. The summed E-state index contributed by atoms with van der Waals surface area (Å²) in [4.78, 5) is 16.4. The highest BCUT2D eigenvalue weighted by atomic mass is 32.1. The summed E-state index contributed by atoms with van der Waals surface area (Å²) < 4.78 is 0. The summed E-state index contributed by atoms with van der Waals surface area (Å²) in [6.07, 6.45) is 2.06. The van der Waals surface area contributed by atoms with Gasteiger partial charge in [-0.2, -0.15) is 0 Å². The molecule has 0 spiro atoms. The first-order valence-corrected chi connectivity index (χ1v) is 6.09. The van der Waals surface area contributed by atoms with Crippen LogP contribution in [0.4, 0.5) is 0 Å². The van der Waals surface area contributed by atoms with Crippen molar-refractivity contribution in [3.8, 4) is 0 Å². The largest absolute Gasteiger partial charge is 0.393 e. The molecule has 1 heterocycles. The third kappa shape index (κ3) is 3.15. The maximum Gasteiger partial charge on any atom is 0.232 e. The van der Waals surface area contributed by atoms with E-state index in [1.165, 1.54) is 0 Å². The Hall–Kier alpha value is -0.680. The number of nitrogens with two attached hydrogens (primary N) is 1. The summed E-state index contributed by atoms with van der Waals surface area (Å²) in [5.74, 6) is -0.254. The average molecular weight is 243 g/mol. The van der Waals surface area contributed by atoms with Crippen molar-refractivity contribution in [3.63, 3.8) is 0 Å². The zero-order valence-corrected chi connectivity index (χ0v) is 11.1. The minimum atomic E-state index is -0.328. The summed E-state index contributed by atoms with van der Waals surface area (Å²) in [5, 5.41) is 0. The predicted octanol–water partition coefficient (Wildman–Crippen LogP) is 0.461. The van der Waals surface area contributed by atoms with E-state index in [2.05, 4.69) is 19.0 Å². The fourth-order valence-electron chi connectivity index (χ4n) is 2.00. The monoisotopic (exact) mass is 243 g/mol. The molecule has 1 amide bonds. The Labute approximate surface area is 103 Å². The second-order valence-electron chi connectivity index (χ2n) is 4.64. The predicted molar refractivity (Wildman–Crippen MR) is 69.2 cm³/mol. The Morgan fingerprint density at radius 2 is 1.94 bits per heavy atom. The maximum atomic E-state index is 12.0. The zero-order chi connectivity index (χ0) is 12.3. The topological polar surface area (TPSA) is 49.6 Å². The number of carbonyl (C=O) groups excluding carboxylic acids is 1. The van der Waals surface area contributed by atoms with Crippen molar-refractivity contribution in [3.05, 3.63) is 0 Å². The van der Waals surface area contributed by atoms with Crippen LogP contribution in [0.1, 0.15) is 19.8 Å². The molecule has 1 fully saturated rings. The van der Waals surface area contributed by atoms with Gasteiger partial charge in [-0.1, -0.05) is 12.2 Å². The summed E-state index contributed by atoms with van der Waals surface area (Å²) in [6.45, 7) is 3.41. The molecule has 0 radical (unpaired) electrons. The van der Waals surface area contributed by atoms with Crippen LogP contribution in [0.5, 0.6) is 0 Å². The normalized spacial score (nSPS) is 19.9. The minimum Gasteiger partial charge on any atom is -0.393 e. The second-order valence-corrected chi connectivity index (χ2v) is 5.12. The highest BCUT2D eigenvalue weighted by molar-refractivity contribution is 7.80. The van der Waals surface area contributed by atoms with E-state index in [0.29, 0.717) is 11.0 Å². The first-order chi connectivity index (χ1) is 7.43. The first-order valence-electron chi connectivity index (χ1n) is 5.68. The molecule has 0 aromatic rings. The van der Waals surface area contributed by atoms with Crippen LogP contribution >= 0.6 is 12.2 Å². The summed E-state index contributed by atoms with van der Waals surface area (Å²) in [7, 11) is 4.17. The van der Waals surface area contributed by atoms with Crippen molar-refractivity contribution in [1.29, 1.82) is 0 Å². The van der Waals surface area contributed by atoms with Crippen molar-refractivity contribution < 1.29 is 4.79 Å². The van der Waals surface area contributed by atoms with Crippen LogP contribution in [0.15, 0.2) is 0 Å². The molecule has 4 nitrogen and oxygen atoms in total. The summed E-state index contributed by atoms with van der Waals surface area (Å²) in [5.41, 5.74) is 5.49. The Morgan fingerprint density at radius 1 is 1.44 bits per heavy atom. The molecule has 1 unspecified atom stereocenters. The lowest BCUT2D eigenvalue weighted by Gasteiger charge is -2.36. The molecular weight excluding hydrogens is 222 g/mol. The lowest BCUT2D eigenvalue weighted by atomic mass is 10.0. The smallest absolute Gasteiger partial charge is 0.232 e. The molecule has 2 N–H and O–H groups in total. The first kappa shape index (κ1) is 13.4. The lowest BCUT2D eigenvalue weighted by Crippen LogP contribution is -2.47. The van der Waals surface area contributed by atoms with Gasteiger partial charge in [0.25, 0.3) is 0 Å². The van der Waals surface area contributed by atoms with Crippen molar-refractivity contribution in [2.45, 2.75) is 25.8 Å². The Bertz CT molecular complexity index is 272. The van der Waals surface area contributed by atoms with E-state index in [1.54, 1.807) is 6.92 Å². The second kappa shape index (κ2) is 5.59. The number of piperidine rings is 1. The van der Waals surface area contributed by atoms with Gasteiger partial charge in [0.05, 0.1) is 10.9 Å². The van der Waals surface area contributed by atoms with E-state index in [4.69, 9.17) is 18.0 Å². The fourth-order valence-corrected chi connectivity index (χ4v) is 2.10. The molecule has 1 atom stereocenters. The maximum absolute atomic E-state index is 12.0. The van der Waals surface area contributed by atoms with E-state index >= 15 is 0 Å². The number of thiocarbonyl (C=S) groups is 1. The molecular formula is C11H21N3OS. The highest BCUT2D eigenvalue weighted by Gasteiger charge is 2.27. The Morgan fingerprint density at radius 3 is 2.31 bits per heavy atom.